The number of ether oxygens (including phenoxy) is 1. The van der Waals surface area contributed by atoms with E-state index in [1.165, 1.54) is 0 Å². The molecule has 1 fully saturated rings. The fraction of sp³-hybridized carbons (Fsp3) is 0.333. The smallest absolute Gasteiger partial charge is 0.249 e. The second-order valence-corrected chi connectivity index (χ2v) is 4.78. The van der Waals surface area contributed by atoms with Crippen molar-refractivity contribution in [2.45, 2.75) is 25.5 Å². The van der Waals surface area contributed by atoms with Gasteiger partial charge < -0.3 is 14.5 Å². The van der Waals surface area contributed by atoms with Crippen molar-refractivity contribution >= 4 is 5.91 Å². The molecule has 1 aliphatic heterocycles. The molecule has 5 heteroatoms. The van der Waals surface area contributed by atoms with Gasteiger partial charge in [0.25, 0.3) is 0 Å². The highest BCUT2D eigenvalue weighted by Crippen LogP contribution is 2.19. The minimum Gasteiger partial charge on any atom is -0.464 e. The Hall–Kier alpha value is -2.14. The predicted molar refractivity (Wildman–Crippen MR) is 72.8 cm³/mol. The standard InChI is InChI=1S/C15H16N2O3/c18-15(14-4-2-6-20-14)17-9-11-7-12(10-16-8-11)13-3-1-5-19-13/h1,3,5,7-8,10,14H,2,4,6,9H2,(H,17,18)/t14-/m0/s1. The van der Waals surface area contributed by atoms with Crippen LogP contribution in [-0.2, 0) is 16.1 Å². The highest BCUT2D eigenvalue weighted by Gasteiger charge is 2.23. The summed E-state index contributed by atoms with van der Waals surface area (Å²) >= 11 is 0. The van der Waals surface area contributed by atoms with Crippen LogP contribution in [0.5, 0.6) is 0 Å². The van der Waals surface area contributed by atoms with Crippen LogP contribution in [0.4, 0.5) is 0 Å². The summed E-state index contributed by atoms with van der Waals surface area (Å²) in [5.41, 5.74) is 1.84. The number of amides is 1. The van der Waals surface area contributed by atoms with E-state index in [9.17, 15) is 4.79 Å². The van der Waals surface area contributed by atoms with Crippen molar-refractivity contribution in [2.24, 2.45) is 0 Å². The number of hydrogen-bond acceptors (Lipinski definition) is 4. The van der Waals surface area contributed by atoms with E-state index in [1.807, 2.05) is 18.2 Å². The zero-order chi connectivity index (χ0) is 13.8. The Balaban J connectivity index is 1.63. The zero-order valence-electron chi connectivity index (χ0n) is 11.0. The van der Waals surface area contributed by atoms with Crippen molar-refractivity contribution in [1.29, 1.82) is 0 Å². The molecular weight excluding hydrogens is 256 g/mol. The normalized spacial score (nSPS) is 18.1. The molecule has 0 saturated carbocycles. The zero-order valence-corrected chi connectivity index (χ0v) is 11.0. The fourth-order valence-electron chi connectivity index (χ4n) is 2.25. The maximum absolute atomic E-state index is 11.9. The van der Waals surface area contributed by atoms with Gasteiger partial charge in [0.2, 0.25) is 5.91 Å². The second kappa shape index (κ2) is 5.88. The van der Waals surface area contributed by atoms with Crippen molar-refractivity contribution in [2.75, 3.05) is 6.61 Å². The lowest BCUT2D eigenvalue weighted by Crippen LogP contribution is -2.33. The molecule has 2 aromatic rings. The van der Waals surface area contributed by atoms with Crippen LogP contribution in [0.15, 0.2) is 41.3 Å². The molecule has 5 nitrogen and oxygen atoms in total. The number of nitrogens with one attached hydrogen (secondary N) is 1. The molecule has 2 aromatic heterocycles. The molecule has 3 rings (SSSR count). The molecule has 0 unspecified atom stereocenters. The van der Waals surface area contributed by atoms with E-state index in [1.54, 1.807) is 18.7 Å². The lowest BCUT2D eigenvalue weighted by molar-refractivity contribution is -0.130. The molecule has 1 N–H and O–H groups in total. The van der Waals surface area contributed by atoms with E-state index in [4.69, 9.17) is 9.15 Å². The van der Waals surface area contributed by atoms with Gasteiger partial charge in [-0.25, -0.2) is 0 Å². The molecule has 1 atom stereocenters. The molecule has 0 aromatic carbocycles. The molecule has 3 heterocycles. The van der Waals surface area contributed by atoms with E-state index in [-0.39, 0.29) is 12.0 Å². The van der Waals surface area contributed by atoms with Crippen LogP contribution >= 0.6 is 0 Å². The van der Waals surface area contributed by atoms with Crippen LogP contribution in [0.2, 0.25) is 0 Å². The van der Waals surface area contributed by atoms with E-state index in [0.29, 0.717) is 13.2 Å². The van der Waals surface area contributed by atoms with Crippen molar-refractivity contribution < 1.29 is 13.9 Å². The maximum Gasteiger partial charge on any atom is 0.249 e. The summed E-state index contributed by atoms with van der Waals surface area (Å²) in [5, 5.41) is 2.88. The van der Waals surface area contributed by atoms with Crippen LogP contribution in [-0.4, -0.2) is 23.6 Å². The Labute approximate surface area is 117 Å². The van der Waals surface area contributed by atoms with Gasteiger partial charge in [0.1, 0.15) is 11.9 Å². The predicted octanol–water partition coefficient (Wildman–Crippen LogP) is 2.14. The Morgan fingerprint density at radius 1 is 1.45 bits per heavy atom. The molecule has 0 radical (unpaired) electrons. The van der Waals surface area contributed by atoms with Crippen LogP contribution < -0.4 is 5.32 Å². The number of nitrogens with zero attached hydrogens (tertiary/aromatic N) is 1. The third-order valence-corrected chi connectivity index (χ3v) is 3.29. The number of rotatable bonds is 4. The monoisotopic (exact) mass is 272 g/mol. The van der Waals surface area contributed by atoms with Gasteiger partial charge in [-0.05, 0) is 36.6 Å². The van der Waals surface area contributed by atoms with Gasteiger partial charge >= 0.3 is 0 Å². The van der Waals surface area contributed by atoms with Gasteiger partial charge in [0.05, 0.1) is 6.26 Å². The van der Waals surface area contributed by atoms with Gasteiger partial charge in [0.15, 0.2) is 0 Å². The molecule has 0 spiro atoms. The summed E-state index contributed by atoms with van der Waals surface area (Å²) in [5.74, 6) is 0.718. The molecule has 0 bridgehead atoms. The molecular formula is C15H16N2O3. The number of aromatic nitrogens is 1. The van der Waals surface area contributed by atoms with Crippen molar-refractivity contribution in [1.82, 2.24) is 10.3 Å². The highest BCUT2D eigenvalue weighted by atomic mass is 16.5. The van der Waals surface area contributed by atoms with E-state index in [0.717, 1.165) is 29.7 Å². The van der Waals surface area contributed by atoms with Crippen LogP contribution in [0.1, 0.15) is 18.4 Å². The minimum absolute atomic E-state index is 0.0501. The number of carbonyl (C=O) groups excluding carboxylic acids is 1. The van der Waals surface area contributed by atoms with Crippen molar-refractivity contribution in [3.63, 3.8) is 0 Å². The fourth-order valence-corrected chi connectivity index (χ4v) is 2.25. The minimum atomic E-state index is -0.295. The first kappa shape index (κ1) is 12.9. The maximum atomic E-state index is 11.9. The summed E-state index contributed by atoms with van der Waals surface area (Å²) in [6, 6.07) is 5.68. The summed E-state index contributed by atoms with van der Waals surface area (Å²) in [6.45, 7) is 1.12. The van der Waals surface area contributed by atoms with Gasteiger partial charge in [-0.2, -0.15) is 0 Å². The average molecular weight is 272 g/mol. The summed E-state index contributed by atoms with van der Waals surface area (Å²) in [7, 11) is 0. The van der Waals surface area contributed by atoms with Crippen molar-refractivity contribution in [3.8, 4) is 11.3 Å². The highest BCUT2D eigenvalue weighted by molar-refractivity contribution is 5.80. The van der Waals surface area contributed by atoms with Gasteiger partial charge in [0, 0.05) is 31.1 Å². The first-order chi connectivity index (χ1) is 9.83. The van der Waals surface area contributed by atoms with Crippen LogP contribution in [0.3, 0.4) is 0 Å². The number of pyridine rings is 1. The molecule has 104 valence electrons. The lowest BCUT2D eigenvalue weighted by Gasteiger charge is -2.10. The number of furan rings is 1. The van der Waals surface area contributed by atoms with E-state index >= 15 is 0 Å². The SMILES string of the molecule is O=C(NCc1cncc(-c2ccco2)c1)[C@@H]1CCCO1. The van der Waals surface area contributed by atoms with Gasteiger partial charge in [-0.3, -0.25) is 9.78 Å². The third kappa shape index (κ3) is 2.88. The summed E-state index contributed by atoms with van der Waals surface area (Å²) in [6.07, 6.45) is 6.56. The van der Waals surface area contributed by atoms with Gasteiger partial charge in [-0.15, -0.1) is 0 Å². The summed E-state index contributed by atoms with van der Waals surface area (Å²) in [4.78, 5) is 16.0. The topological polar surface area (TPSA) is 64.4 Å². The van der Waals surface area contributed by atoms with Crippen molar-refractivity contribution in [3.05, 3.63) is 42.4 Å². The van der Waals surface area contributed by atoms with Gasteiger partial charge in [-0.1, -0.05) is 0 Å². The molecule has 20 heavy (non-hydrogen) atoms. The largest absolute Gasteiger partial charge is 0.464 e. The average Bonchev–Trinajstić information content (AvgIpc) is 3.17. The number of hydrogen-bond donors (Lipinski definition) is 1. The van der Waals surface area contributed by atoms with E-state index < -0.39 is 0 Å². The quantitative estimate of drug-likeness (QED) is 0.926. The molecule has 1 amide bonds. The molecule has 0 aliphatic carbocycles. The second-order valence-electron chi connectivity index (χ2n) is 4.78. The van der Waals surface area contributed by atoms with Crippen LogP contribution in [0, 0.1) is 0 Å². The third-order valence-electron chi connectivity index (χ3n) is 3.29. The molecule has 1 saturated heterocycles. The molecule has 1 aliphatic rings. The van der Waals surface area contributed by atoms with Crippen LogP contribution in [0.25, 0.3) is 11.3 Å². The first-order valence-corrected chi connectivity index (χ1v) is 6.70. The number of carbonyl (C=O) groups is 1. The van der Waals surface area contributed by atoms with E-state index in [2.05, 4.69) is 10.3 Å². The summed E-state index contributed by atoms with van der Waals surface area (Å²) < 4.78 is 10.7. The Kier molecular flexibility index (Phi) is 3.78. The first-order valence-electron chi connectivity index (χ1n) is 6.70. The Bertz CT molecular complexity index is 575. The Morgan fingerprint density at radius 2 is 2.40 bits per heavy atom. The lowest BCUT2D eigenvalue weighted by atomic mass is 10.1. The Morgan fingerprint density at radius 3 is 3.15 bits per heavy atom.